The van der Waals surface area contributed by atoms with Crippen molar-refractivity contribution in [1.82, 2.24) is 20.1 Å². The number of pyridine rings is 1. The van der Waals surface area contributed by atoms with Gasteiger partial charge < -0.3 is 15.4 Å². The van der Waals surface area contributed by atoms with Crippen molar-refractivity contribution >= 4 is 32.6 Å². The molecule has 1 aromatic carbocycles. The Bertz CT molecular complexity index is 1170. The third-order valence-electron chi connectivity index (χ3n) is 5.39. The standard InChI is InChI=1S/C20H23N5O4S/c1-29-13-4-6-14(7-5-13)30(27,28)12-10-18(26)25-11-2-3-17(25)16-9-8-15-19(21)23-24-20(15)22-16/h4-9,17H,2-3,10-12H2,1H3,(H3,21,22,23,24). The van der Waals surface area contributed by atoms with E-state index < -0.39 is 9.84 Å². The van der Waals surface area contributed by atoms with Crippen LogP contribution in [0.25, 0.3) is 11.0 Å². The number of carbonyl (C=O) groups is 1. The van der Waals surface area contributed by atoms with Crippen LogP contribution in [0.2, 0.25) is 0 Å². The number of hydrogen-bond acceptors (Lipinski definition) is 7. The number of nitrogens with one attached hydrogen (secondary N) is 1. The summed E-state index contributed by atoms with van der Waals surface area (Å²) >= 11 is 0. The fourth-order valence-electron chi connectivity index (χ4n) is 3.76. The monoisotopic (exact) mass is 429 g/mol. The fraction of sp³-hybridized carbons (Fsp3) is 0.350. The number of hydrogen-bond donors (Lipinski definition) is 2. The van der Waals surface area contributed by atoms with Gasteiger partial charge in [0.15, 0.2) is 15.5 Å². The van der Waals surface area contributed by atoms with Gasteiger partial charge in [0.1, 0.15) is 11.6 Å². The number of ether oxygens (including phenoxy) is 1. The highest BCUT2D eigenvalue weighted by Gasteiger charge is 2.32. The van der Waals surface area contributed by atoms with Crippen LogP contribution in [0.3, 0.4) is 0 Å². The number of amides is 1. The second-order valence-electron chi connectivity index (χ2n) is 7.23. The summed E-state index contributed by atoms with van der Waals surface area (Å²) in [5.41, 5.74) is 7.05. The Morgan fingerprint density at radius 2 is 2.03 bits per heavy atom. The zero-order valence-electron chi connectivity index (χ0n) is 16.5. The number of nitrogen functional groups attached to an aromatic ring is 1. The van der Waals surface area contributed by atoms with Crippen molar-refractivity contribution < 1.29 is 17.9 Å². The Kier molecular flexibility index (Phi) is 5.33. The molecule has 1 fully saturated rings. The predicted molar refractivity (Wildman–Crippen MR) is 112 cm³/mol. The molecule has 1 aliphatic heterocycles. The lowest BCUT2D eigenvalue weighted by Gasteiger charge is -2.24. The Labute approximate surface area is 174 Å². The van der Waals surface area contributed by atoms with E-state index in [1.165, 1.54) is 19.2 Å². The topological polar surface area (TPSA) is 131 Å². The molecule has 0 bridgehead atoms. The van der Waals surface area contributed by atoms with E-state index in [1.54, 1.807) is 17.0 Å². The van der Waals surface area contributed by atoms with Crippen molar-refractivity contribution in [3.8, 4) is 5.75 Å². The fourth-order valence-corrected chi connectivity index (χ4v) is 4.99. The molecule has 4 rings (SSSR count). The zero-order valence-corrected chi connectivity index (χ0v) is 17.4. The molecule has 1 unspecified atom stereocenters. The van der Waals surface area contributed by atoms with Crippen molar-refractivity contribution in [3.05, 3.63) is 42.1 Å². The first-order valence-corrected chi connectivity index (χ1v) is 11.3. The van der Waals surface area contributed by atoms with Crippen molar-refractivity contribution in [2.45, 2.75) is 30.2 Å². The molecule has 158 valence electrons. The van der Waals surface area contributed by atoms with Gasteiger partial charge >= 0.3 is 0 Å². The molecular formula is C20H23N5O4S. The van der Waals surface area contributed by atoms with Crippen molar-refractivity contribution in [1.29, 1.82) is 0 Å². The van der Waals surface area contributed by atoms with Gasteiger partial charge in [-0.1, -0.05) is 0 Å². The first-order chi connectivity index (χ1) is 14.4. The highest BCUT2D eigenvalue weighted by molar-refractivity contribution is 7.91. The Hall–Kier alpha value is -3.14. The highest BCUT2D eigenvalue weighted by atomic mass is 32.2. The second-order valence-corrected chi connectivity index (χ2v) is 9.34. The molecule has 0 saturated carbocycles. The molecule has 0 aliphatic carbocycles. The number of nitrogens with zero attached hydrogens (tertiary/aromatic N) is 3. The van der Waals surface area contributed by atoms with E-state index in [0.29, 0.717) is 23.8 Å². The lowest BCUT2D eigenvalue weighted by molar-refractivity contribution is -0.131. The van der Waals surface area contributed by atoms with Gasteiger partial charge in [-0.25, -0.2) is 13.4 Å². The first kappa shape index (κ1) is 20.1. The van der Waals surface area contributed by atoms with Crippen LogP contribution in [-0.2, 0) is 14.6 Å². The maximum Gasteiger partial charge on any atom is 0.224 e. The van der Waals surface area contributed by atoms with Gasteiger partial charge in [0.25, 0.3) is 0 Å². The van der Waals surface area contributed by atoms with E-state index in [0.717, 1.165) is 23.9 Å². The lowest BCUT2D eigenvalue weighted by Crippen LogP contribution is -2.32. The van der Waals surface area contributed by atoms with E-state index >= 15 is 0 Å². The van der Waals surface area contributed by atoms with Crippen molar-refractivity contribution in [2.24, 2.45) is 0 Å². The maximum atomic E-state index is 12.8. The number of aromatic nitrogens is 3. The van der Waals surface area contributed by atoms with Crippen LogP contribution in [0.5, 0.6) is 5.75 Å². The number of aromatic amines is 1. The summed E-state index contributed by atoms with van der Waals surface area (Å²) in [6.45, 7) is 0.578. The average molecular weight is 430 g/mol. The summed E-state index contributed by atoms with van der Waals surface area (Å²) in [4.78, 5) is 19.3. The average Bonchev–Trinajstić information content (AvgIpc) is 3.39. The van der Waals surface area contributed by atoms with Gasteiger partial charge in [-0.15, -0.1) is 0 Å². The van der Waals surface area contributed by atoms with Gasteiger partial charge in [0.2, 0.25) is 5.91 Å². The summed E-state index contributed by atoms with van der Waals surface area (Å²) in [5, 5.41) is 7.52. The largest absolute Gasteiger partial charge is 0.497 e. The molecule has 1 amide bonds. The van der Waals surface area contributed by atoms with E-state index in [1.807, 2.05) is 12.1 Å². The molecule has 3 aromatic rings. The molecular weight excluding hydrogens is 406 g/mol. The number of fused-ring (bicyclic) bond motifs is 1. The lowest BCUT2D eigenvalue weighted by atomic mass is 10.1. The molecule has 10 heteroatoms. The number of anilines is 1. The normalized spacial score (nSPS) is 16.8. The van der Waals surface area contributed by atoms with Gasteiger partial charge in [0.05, 0.1) is 34.9 Å². The van der Waals surface area contributed by atoms with E-state index in [-0.39, 0.29) is 29.0 Å². The molecule has 0 spiro atoms. The minimum absolute atomic E-state index is 0.0809. The van der Waals surface area contributed by atoms with Gasteiger partial charge in [-0.05, 0) is 49.2 Å². The van der Waals surface area contributed by atoms with Crippen LogP contribution >= 0.6 is 0 Å². The Balaban J connectivity index is 1.46. The third kappa shape index (κ3) is 3.82. The smallest absolute Gasteiger partial charge is 0.224 e. The van der Waals surface area contributed by atoms with Crippen LogP contribution in [0, 0.1) is 0 Å². The molecule has 3 N–H and O–H groups in total. The molecule has 2 aromatic heterocycles. The van der Waals surface area contributed by atoms with Crippen LogP contribution in [0.4, 0.5) is 5.82 Å². The van der Waals surface area contributed by atoms with Gasteiger partial charge in [0, 0.05) is 13.0 Å². The number of carbonyl (C=O) groups excluding carboxylic acids is 1. The van der Waals surface area contributed by atoms with E-state index in [4.69, 9.17) is 10.5 Å². The number of nitrogens with two attached hydrogens (primary N) is 1. The molecule has 1 saturated heterocycles. The molecule has 9 nitrogen and oxygen atoms in total. The highest BCUT2D eigenvalue weighted by Crippen LogP contribution is 2.32. The molecule has 1 aliphatic rings. The van der Waals surface area contributed by atoms with Crippen molar-refractivity contribution in [2.75, 3.05) is 25.1 Å². The molecule has 1 atom stereocenters. The SMILES string of the molecule is COc1ccc(S(=O)(=O)CCC(=O)N2CCCC2c2ccc3c(N)[nH]nc3n2)cc1. The van der Waals surface area contributed by atoms with E-state index in [9.17, 15) is 13.2 Å². The van der Waals surface area contributed by atoms with Crippen LogP contribution in [0.15, 0.2) is 41.3 Å². The van der Waals surface area contributed by atoms with Crippen molar-refractivity contribution in [3.63, 3.8) is 0 Å². The van der Waals surface area contributed by atoms with Gasteiger partial charge in [-0.2, -0.15) is 5.10 Å². The summed E-state index contributed by atoms with van der Waals surface area (Å²) in [6.07, 6.45) is 1.53. The van der Waals surface area contributed by atoms with Crippen LogP contribution in [-0.4, -0.2) is 53.8 Å². The number of H-pyrrole nitrogens is 1. The predicted octanol–water partition coefficient (Wildman–Crippen LogP) is 2.08. The number of methoxy groups -OCH3 is 1. The summed E-state index contributed by atoms with van der Waals surface area (Å²) in [5.74, 6) is 0.585. The zero-order chi connectivity index (χ0) is 21.3. The van der Waals surface area contributed by atoms with Crippen LogP contribution < -0.4 is 10.5 Å². The summed E-state index contributed by atoms with van der Waals surface area (Å²) in [6, 6.07) is 9.66. The molecule has 0 radical (unpaired) electrons. The summed E-state index contributed by atoms with van der Waals surface area (Å²) < 4.78 is 30.3. The molecule has 30 heavy (non-hydrogen) atoms. The quantitative estimate of drug-likeness (QED) is 0.613. The molecule has 3 heterocycles. The number of rotatable bonds is 6. The number of likely N-dealkylation sites (tertiary alicyclic amines) is 1. The Morgan fingerprint density at radius 1 is 1.27 bits per heavy atom. The summed E-state index contributed by atoms with van der Waals surface area (Å²) in [7, 11) is -2.05. The van der Waals surface area contributed by atoms with Gasteiger partial charge in [-0.3, -0.25) is 9.89 Å². The number of sulfone groups is 1. The Morgan fingerprint density at radius 3 is 2.77 bits per heavy atom. The minimum atomic E-state index is -3.56. The van der Waals surface area contributed by atoms with E-state index in [2.05, 4.69) is 15.2 Å². The maximum absolute atomic E-state index is 12.8. The minimum Gasteiger partial charge on any atom is -0.497 e. The second kappa shape index (κ2) is 7.94. The van der Waals surface area contributed by atoms with Crippen LogP contribution in [0.1, 0.15) is 31.0 Å². The first-order valence-electron chi connectivity index (χ1n) is 9.66. The number of benzene rings is 1. The third-order valence-corrected chi connectivity index (χ3v) is 7.12.